The lowest BCUT2D eigenvalue weighted by Crippen LogP contribution is -2.38. The maximum absolute atomic E-state index is 11.4. The molecule has 104 valence electrons. The molecule has 0 spiro atoms. The quantitative estimate of drug-likeness (QED) is 0.596. The van der Waals surface area contributed by atoms with E-state index in [-0.39, 0.29) is 5.71 Å². The molecule has 1 aliphatic rings. The normalized spacial score (nSPS) is 16.3. The molecule has 7 nitrogen and oxygen atoms in total. The number of hydrogen-bond acceptors (Lipinski definition) is 6. The Morgan fingerprint density at radius 2 is 2.47 bits per heavy atom. The summed E-state index contributed by atoms with van der Waals surface area (Å²) in [6.07, 6.45) is 2.94. The molecule has 1 amide bonds. The van der Waals surface area contributed by atoms with Gasteiger partial charge in [0.1, 0.15) is 13.2 Å². The third-order valence-corrected chi connectivity index (χ3v) is 2.44. The monoisotopic (exact) mass is 266 g/mol. The number of carbonyl (C=O) groups is 1. The number of amides is 1. The molecule has 0 saturated heterocycles. The van der Waals surface area contributed by atoms with Gasteiger partial charge in [0.25, 0.3) is 0 Å². The average Bonchev–Trinajstić information content (AvgIpc) is 2.42. The van der Waals surface area contributed by atoms with Crippen molar-refractivity contribution in [3.63, 3.8) is 0 Å². The molecule has 0 aromatic rings. The first-order chi connectivity index (χ1) is 9.21. The first-order valence-corrected chi connectivity index (χ1v) is 6.12. The van der Waals surface area contributed by atoms with Crippen LogP contribution in [0.25, 0.3) is 0 Å². The van der Waals surface area contributed by atoms with Crippen molar-refractivity contribution in [2.75, 3.05) is 26.7 Å². The number of nitrogens with zero attached hydrogens (tertiary/aromatic N) is 3. The molecular weight excluding hydrogens is 248 g/mol. The summed E-state index contributed by atoms with van der Waals surface area (Å²) in [5, 5.41) is 16.7. The molecule has 7 heteroatoms. The van der Waals surface area contributed by atoms with Crippen molar-refractivity contribution >= 4 is 11.8 Å². The van der Waals surface area contributed by atoms with Crippen LogP contribution in [-0.2, 0) is 9.68 Å². The second-order valence-corrected chi connectivity index (χ2v) is 3.92. The molecule has 0 bridgehead atoms. The van der Waals surface area contributed by atoms with Crippen molar-refractivity contribution in [2.24, 2.45) is 5.16 Å². The minimum absolute atomic E-state index is 0.199. The average molecular weight is 266 g/mol. The standard InChI is InChI=1S/C12H18N4O3/c1-3-6-14-12(17)19-16-7-4-5-10(9-16)11(8-13)15-18-2/h5H,3-4,6-7,9H2,1-2H3,(H,14,17)/b15-11+. The summed E-state index contributed by atoms with van der Waals surface area (Å²) in [7, 11) is 1.38. The molecule has 1 heterocycles. The molecule has 0 radical (unpaired) electrons. The van der Waals surface area contributed by atoms with E-state index in [0.29, 0.717) is 31.6 Å². The highest BCUT2D eigenvalue weighted by Crippen LogP contribution is 2.12. The summed E-state index contributed by atoms with van der Waals surface area (Å²) in [4.78, 5) is 21.2. The lowest BCUT2D eigenvalue weighted by Gasteiger charge is -2.24. The Morgan fingerprint density at radius 3 is 3.11 bits per heavy atom. The molecule has 0 aromatic carbocycles. The summed E-state index contributed by atoms with van der Waals surface area (Å²) in [5.74, 6) is 0. The van der Waals surface area contributed by atoms with Gasteiger partial charge < -0.3 is 15.0 Å². The molecule has 0 fully saturated rings. The van der Waals surface area contributed by atoms with E-state index < -0.39 is 6.09 Å². The Morgan fingerprint density at radius 1 is 1.68 bits per heavy atom. The summed E-state index contributed by atoms with van der Waals surface area (Å²) < 4.78 is 0. The van der Waals surface area contributed by atoms with Gasteiger partial charge in [-0.2, -0.15) is 5.26 Å². The van der Waals surface area contributed by atoms with Gasteiger partial charge in [-0.15, -0.1) is 5.06 Å². The van der Waals surface area contributed by atoms with E-state index >= 15 is 0 Å². The number of carbonyl (C=O) groups excluding carboxylic acids is 1. The maximum atomic E-state index is 11.4. The molecule has 0 atom stereocenters. The fourth-order valence-electron chi connectivity index (χ4n) is 1.58. The maximum Gasteiger partial charge on any atom is 0.426 e. The zero-order valence-corrected chi connectivity index (χ0v) is 11.2. The lowest BCUT2D eigenvalue weighted by atomic mass is 10.1. The van der Waals surface area contributed by atoms with E-state index in [2.05, 4.69) is 15.3 Å². The van der Waals surface area contributed by atoms with Crippen molar-refractivity contribution < 1.29 is 14.5 Å². The summed E-state index contributed by atoms with van der Waals surface area (Å²) in [6, 6.07) is 1.95. The van der Waals surface area contributed by atoms with Crippen molar-refractivity contribution in [1.82, 2.24) is 10.4 Å². The topological polar surface area (TPSA) is 87.0 Å². The van der Waals surface area contributed by atoms with E-state index in [1.807, 2.05) is 19.1 Å². The summed E-state index contributed by atoms with van der Waals surface area (Å²) >= 11 is 0. The minimum Gasteiger partial charge on any atom is -0.398 e. The Balaban J connectivity index is 2.54. The fraction of sp³-hybridized carbons (Fsp3) is 0.583. The van der Waals surface area contributed by atoms with Crippen molar-refractivity contribution in [3.05, 3.63) is 11.6 Å². The van der Waals surface area contributed by atoms with Crippen LogP contribution in [0.5, 0.6) is 0 Å². The zero-order valence-electron chi connectivity index (χ0n) is 11.2. The first kappa shape index (κ1) is 15.0. The lowest BCUT2D eigenvalue weighted by molar-refractivity contribution is -0.0932. The van der Waals surface area contributed by atoms with Gasteiger partial charge in [0, 0.05) is 18.7 Å². The van der Waals surface area contributed by atoms with E-state index in [1.54, 1.807) is 0 Å². The Hall–Kier alpha value is -2.07. The Labute approximate surface area is 112 Å². The van der Waals surface area contributed by atoms with E-state index in [1.165, 1.54) is 12.2 Å². The second-order valence-electron chi connectivity index (χ2n) is 3.92. The largest absolute Gasteiger partial charge is 0.426 e. The molecule has 0 saturated carbocycles. The summed E-state index contributed by atoms with van der Waals surface area (Å²) in [6.45, 7) is 3.45. The molecule has 0 aliphatic carbocycles. The second kappa shape index (κ2) is 8.11. The number of rotatable bonds is 5. The summed E-state index contributed by atoms with van der Waals surface area (Å²) in [5.41, 5.74) is 0.892. The highest BCUT2D eigenvalue weighted by molar-refractivity contribution is 6.11. The van der Waals surface area contributed by atoms with Crippen LogP contribution in [-0.4, -0.2) is 43.6 Å². The van der Waals surface area contributed by atoms with Crippen LogP contribution in [0.4, 0.5) is 4.79 Å². The molecule has 1 aliphatic heterocycles. The van der Waals surface area contributed by atoms with Crippen molar-refractivity contribution in [1.29, 1.82) is 5.26 Å². The van der Waals surface area contributed by atoms with Crippen LogP contribution >= 0.6 is 0 Å². The smallest absolute Gasteiger partial charge is 0.398 e. The van der Waals surface area contributed by atoms with Crippen molar-refractivity contribution in [3.8, 4) is 6.07 Å². The van der Waals surface area contributed by atoms with Gasteiger partial charge in [0.2, 0.25) is 0 Å². The van der Waals surface area contributed by atoms with Crippen LogP contribution in [0.3, 0.4) is 0 Å². The number of nitrogens with one attached hydrogen (secondary N) is 1. The van der Waals surface area contributed by atoms with Gasteiger partial charge in [-0.3, -0.25) is 0 Å². The molecule has 1 N–H and O–H groups in total. The van der Waals surface area contributed by atoms with Crippen LogP contribution < -0.4 is 5.32 Å². The van der Waals surface area contributed by atoms with Gasteiger partial charge in [0.15, 0.2) is 5.71 Å². The van der Waals surface area contributed by atoms with Crippen LogP contribution in [0.15, 0.2) is 16.8 Å². The highest BCUT2D eigenvalue weighted by Gasteiger charge is 2.20. The van der Waals surface area contributed by atoms with Gasteiger partial charge in [0.05, 0.1) is 6.54 Å². The van der Waals surface area contributed by atoms with Gasteiger partial charge >= 0.3 is 6.09 Å². The zero-order chi connectivity index (χ0) is 14.1. The third-order valence-electron chi connectivity index (χ3n) is 2.44. The fourth-order valence-corrected chi connectivity index (χ4v) is 1.58. The van der Waals surface area contributed by atoms with Gasteiger partial charge in [-0.25, -0.2) is 4.79 Å². The van der Waals surface area contributed by atoms with Crippen LogP contribution in [0.1, 0.15) is 19.8 Å². The predicted octanol–water partition coefficient (Wildman–Crippen LogP) is 1.20. The number of hydroxylamine groups is 2. The molecule has 19 heavy (non-hydrogen) atoms. The Bertz CT molecular complexity index is 412. The molecule has 0 aromatic heterocycles. The van der Waals surface area contributed by atoms with Crippen LogP contribution in [0, 0.1) is 11.3 Å². The third kappa shape index (κ3) is 4.97. The number of oxime groups is 1. The minimum atomic E-state index is -0.481. The van der Waals surface area contributed by atoms with E-state index in [4.69, 9.17) is 10.1 Å². The van der Waals surface area contributed by atoms with Crippen LogP contribution in [0.2, 0.25) is 0 Å². The molecule has 0 unspecified atom stereocenters. The first-order valence-electron chi connectivity index (χ1n) is 6.12. The predicted molar refractivity (Wildman–Crippen MR) is 69.1 cm³/mol. The van der Waals surface area contributed by atoms with Crippen molar-refractivity contribution in [2.45, 2.75) is 19.8 Å². The van der Waals surface area contributed by atoms with E-state index in [0.717, 1.165) is 6.42 Å². The SMILES string of the molecule is CCCNC(=O)ON1CCC=C(/C(C#N)=N/OC)C1. The van der Waals surface area contributed by atoms with Gasteiger partial charge in [-0.05, 0) is 12.8 Å². The number of hydrogen-bond donors (Lipinski definition) is 1. The molecular formula is C12H18N4O3. The van der Waals surface area contributed by atoms with Gasteiger partial charge in [-0.1, -0.05) is 18.2 Å². The highest BCUT2D eigenvalue weighted by atomic mass is 16.7. The Kier molecular flexibility index (Phi) is 6.39. The number of nitriles is 1. The molecule has 1 rings (SSSR count). The van der Waals surface area contributed by atoms with E-state index in [9.17, 15) is 4.79 Å².